The van der Waals surface area contributed by atoms with Crippen LogP contribution in [0, 0.1) is 0 Å². The molecule has 0 bridgehead atoms. The van der Waals surface area contributed by atoms with Gasteiger partial charge in [-0.05, 0) is 49.4 Å². The van der Waals surface area contributed by atoms with Gasteiger partial charge in [-0.2, -0.15) is 0 Å². The van der Waals surface area contributed by atoms with Crippen molar-refractivity contribution >= 4 is 21.6 Å². The van der Waals surface area contributed by atoms with E-state index in [1.807, 2.05) is 37.3 Å². The van der Waals surface area contributed by atoms with Gasteiger partial charge in [-0.3, -0.25) is 9.10 Å². The topological polar surface area (TPSA) is 75.7 Å². The summed E-state index contributed by atoms with van der Waals surface area (Å²) in [6.45, 7) is 2.16. The van der Waals surface area contributed by atoms with E-state index >= 15 is 0 Å². The van der Waals surface area contributed by atoms with Crippen LogP contribution in [0.3, 0.4) is 0 Å². The summed E-state index contributed by atoms with van der Waals surface area (Å²) in [5, 5.41) is 2.87. The molecule has 1 N–H and O–H groups in total. The first-order valence-corrected chi connectivity index (χ1v) is 10.9. The van der Waals surface area contributed by atoms with Crippen LogP contribution in [0.5, 0.6) is 5.75 Å². The molecule has 1 unspecified atom stereocenters. The van der Waals surface area contributed by atoms with Crippen molar-refractivity contribution in [3.05, 3.63) is 90.5 Å². The fourth-order valence-electron chi connectivity index (χ4n) is 2.82. The molecule has 3 aromatic rings. The molecule has 1 atom stereocenters. The van der Waals surface area contributed by atoms with Crippen molar-refractivity contribution in [2.45, 2.75) is 17.9 Å². The molecule has 3 aromatic carbocycles. The second kappa shape index (κ2) is 9.45. The van der Waals surface area contributed by atoms with Gasteiger partial charge in [-0.25, -0.2) is 8.42 Å². The Bertz CT molecular complexity index is 1090. The molecule has 7 heteroatoms. The van der Waals surface area contributed by atoms with Crippen LogP contribution in [0.1, 0.15) is 17.3 Å². The fourth-order valence-corrected chi connectivity index (χ4v) is 4.03. The number of benzene rings is 3. The predicted octanol–water partition coefficient (Wildman–Crippen LogP) is 3.71. The zero-order valence-corrected chi connectivity index (χ0v) is 17.7. The molecule has 0 fully saturated rings. The molecule has 0 aliphatic heterocycles. The lowest BCUT2D eigenvalue weighted by atomic mass is 10.2. The number of anilines is 1. The first-order valence-electron chi connectivity index (χ1n) is 9.50. The van der Waals surface area contributed by atoms with E-state index in [0.717, 1.165) is 5.75 Å². The van der Waals surface area contributed by atoms with Crippen LogP contribution in [-0.4, -0.2) is 34.0 Å². The maximum atomic E-state index is 12.8. The minimum absolute atomic E-state index is 0.189. The third-order valence-corrected chi connectivity index (χ3v) is 6.29. The van der Waals surface area contributed by atoms with Crippen molar-refractivity contribution < 1.29 is 17.9 Å². The summed E-state index contributed by atoms with van der Waals surface area (Å²) in [7, 11) is -2.25. The zero-order valence-electron chi connectivity index (χ0n) is 16.9. The largest absolute Gasteiger partial charge is 0.491 e. The second-order valence-electron chi connectivity index (χ2n) is 6.83. The average molecular weight is 425 g/mol. The summed E-state index contributed by atoms with van der Waals surface area (Å²) in [6, 6.07) is 23.8. The molecule has 0 radical (unpaired) electrons. The summed E-state index contributed by atoms with van der Waals surface area (Å²) in [5.41, 5.74) is 0.772. The van der Waals surface area contributed by atoms with Crippen molar-refractivity contribution in [2.24, 2.45) is 0 Å². The lowest BCUT2D eigenvalue weighted by molar-refractivity contribution is 0.0926. The molecule has 156 valence electrons. The Labute approximate surface area is 177 Å². The zero-order chi connectivity index (χ0) is 21.6. The van der Waals surface area contributed by atoms with Crippen molar-refractivity contribution in [1.82, 2.24) is 5.32 Å². The Hall–Kier alpha value is -3.32. The van der Waals surface area contributed by atoms with Crippen LogP contribution in [0.4, 0.5) is 5.69 Å². The maximum absolute atomic E-state index is 12.8. The van der Waals surface area contributed by atoms with Crippen LogP contribution in [0.25, 0.3) is 0 Å². The number of amides is 1. The monoisotopic (exact) mass is 424 g/mol. The van der Waals surface area contributed by atoms with Crippen molar-refractivity contribution in [3.8, 4) is 5.75 Å². The van der Waals surface area contributed by atoms with Gasteiger partial charge in [0.2, 0.25) is 0 Å². The van der Waals surface area contributed by atoms with E-state index in [0.29, 0.717) is 17.9 Å². The highest BCUT2D eigenvalue weighted by molar-refractivity contribution is 7.92. The fraction of sp³-hybridized carbons (Fsp3) is 0.174. The Morgan fingerprint density at radius 1 is 0.967 bits per heavy atom. The van der Waals surface area contributed by atoms with Gasteiger partial charge in [0.15, 0.2) is 0 Å². The molecule has 1 amide bonds. The summed E-state index contributed by atoms with van der Waals surface area (Å²) in [6.07, 6.45) is 0. The van der Waals surface area contributed by atoms with Crippen molar-refractivity contribution in [2.75, 3.05) is 18.0 Å². The SMILES string of the molecule is CC(COc1ccccc1)NC(=O)c1cccc(N(C)S(=O)(=O)c2ccccc2)c1. The van der Waals surface area contributed by atoms with Gasteiger partial charge in [0.25, 0.3) is 15.9 Å². The van der Waals surface area contributed by atoms with E-state index in [1.54, 1.807) is 42.5 Å². The van der Waals surface area contributed by atoms with E-state index in [4.69, 9.17) is 4.74 Å². The van der Waals surface area contributed by atoms with Crippen LogP contribution in [0.15, 0.2) is 89.8 Å². The van der Waals surface area contributed by atoms with E-state index in [9.17, 15) is 13.2 Å². The molecular weight excluding hydrogens is 400 g/mol. The highest BCUT2D eigenvalue weighted by atomic mass is 32.2. The maximum Gasteiger partial charge on any atom is 0.264 e. The number of sulfonamides is 1. The molecule has 3 rings (SSSR count). The predicted molar refractivity (Wildman–Crippen MR) is 117 cm³/mol. The number of nitrogens with zero attached hydrogens (tertiary/aromatic N) is 1. The Kier molecular flexibility index (Phi) is 6.74. The number of carbonyl (C=O) groups is 1. The van der Waals surface area contributed by atoms with E-state index in [2.05, 4.69) is 5.32 Å². The van der Waals surface area contributed by atoms with Crippen LogP contribution in [-0.2, 0) is 10.0 Å². The summed E-state index contributed by atoms with van der Waals surface area (Å²) >= 11 is 0. The first-order chi connectivity index (χ1) is 14.4. The standard InChI is InChI=1S/C23H24N2O4S/c1-18(17-29-21-12-5-3-6-13-21)24-23(26)19-10-9-11-20(16-19)25(2)30(27,28)22-14-7-4-8-15-22/h3-16,18H,17H2,1-2H3,(H,24,26). The third kappa shape index (κ3) is 5.18. The first kappa shape index (κ1) is 21.4. The van der Waals surface area contributed by atoms with Gasteiger partial charge < -0.3 is 10.1 Å². The lowest BCUT2D eigenvalue weighted by Gasteiger charge is -2.20. The van der Waals surface area contributed by atoms with Crippen molar-refractivity contribution in [3.63, 3.8) is 0 Å². The second-order valence-corrected chi connectivity index (χ2v) is 8.80. The van der Waals surface area contributed by atoms with E-state index in [-0.39, 0.29) is 16.8 Å². The van der Waals surface area contributed by atoms with Gasteiger partial charge in [-0.15, -0.1) is 0 Å². The summed E-state index contributed by atoms with van der Waals surface area (Å²) in [4.78, 5) is 12.8. The van der Waals surface area contributed by atoms with Gasteiger partial charge in [0.1, 0.15) is 12.4 Å². The lowest BCUT2D eigenvalue weighted by Crippen LogP contribution is -2.37. The Morgan fingerprint density at radius 2 is 1.60 bits per heavy atom. The number of hydrogen-bond acceptors (Lipinski definition) is 4. The number of rotatable bonds is 8. The number of carbonyl (C=O) groups excluding carboxylic acids is 1. The van der Waals surface area contributed by atoms with Gasteiger partial charge in [-0.1, -0.05) is 42.5 Å². The Morgan fingerprint density at radius 3 is 2.27 bits per heavy atom. The van der Waals surface area contributed by atoms with E-state index < -0.39 is 10.0 Å². The molecule has 0 aromatic heterocycles. The summed E-state index contributed by atoms with van der Waals surface area (Å²) in [5.74, 6) is 0.430. The number of para-hydroxylation sites is 1. The molecule has 0 saturated heterocycles. The number of ether oxygens (including phenoxy) is 1. The third-order valence-electron chi connectivity index (χ3n) is 4.49. The minimum Gasteiger partial charge on any atom is -0.491 e. The smallest absolute Gasteiger partial charge is 0.264 e. The Balaban J connectivity index is 1.67. The molecule has 0 saturated carbocycles. The molecular formula is C23H24N2O4S. The van der Waals surface area contributed by atoms with Crippen LogP contribution >= 0.6 is 0 Å². The highest BCUT2D eigenvalue weighted by Crippen LogP contribution is 2.22. The van der Waals surface area contributed by atoms with Gasteiger partial charge in [0, 0.05) is 12.6 Å². The number of nitrogens with one attached hydrogen (secondary N) is 1. The summed E-state index contributed by atoms with van der Waals surface area (Å²) < 4.78 is 32.5. The average Bonchev–Trinajstić information content (AvgIpc) is 2.78. The van der Waals surface area contributed by atoms with E-state index in [1.165, 1.54) is 23.5 Å². The quantitative estimate of drug-likeness (QED) is 0.598. The van der Waals surface area contributed by atoms with Crippen LogP contribution < -0.4 is 14.4 Å². The number of hydrogen-bond donors (Lipinski definition) is 1. The normalized spacial score (nSPS) is 12.1. The van der Waals surface area contributed by atoms with Gasteiger partial charge in [0.05, 0.1) is 16.6 Å². The molecule has 0 heterocycles. The van der Waals surface area contributed by atoms with Gasteiger partial charge >= 0.3 is 0 Å². The molecule has 0 aliphatic carbocycles. The molecule has 30 heavy (non-hydrogen) atoms. The molecule has 0 spiro atoms. The minimum atomic E-state index is -3.72. The van der Waals surface area contributed by atoms with Crippen molar-refractivity contribution in [1.29, 1.82) is 0 Å². The molecule has 0 aliphatic rings. The molecule has 6 nitrogen and oxygen atoms in total. The highest BCUT2D eigenvalue weighted by Gasteiger charge is 2.22. The van der Waals surface area contributed by atoms with Crippen LogP contribution in [0.2, 0.25) is 0 Å².